The minimum atomic E-state index is -3.57. The highest BCUT2D eigenvalue weighted by Gasteiger charge is 2.21. The number of nitrogens with zero attached hydrogens (tertiary/aromatic N) is 1. The van der Waals surface area contributed by atoms with Crippen LogP contribution in [0.25, 0.3) is 0 Å². The quantitative estimate of drug-likeness (QED) is 0.851. The average molecular weight is 332 g/mol. The van der Waals surface area contributed by atoms with E-state index < -0.39 is 10.0 Å². The number of nitrogens with one attached hydrogen (secondary N) is 1. The van der Waals surface area contributed by atoms with Gasteiger partial charge in [0.05, 0.1) is 12.6 Å². The van der Waals surface area contributed by atoms with Gasteiger partial charge in [-0.15, -0.1) is 22.7 Å². The second kappa shape index (κ2) is 6.31. The second-order valence-electron chi connectivity index (χ2n) is 4.24. The minimum Gasteiger partial charge on any atom is -0.391 e. The molecule has 0 spiro atoms. The first-order valence-corrected chi connectivity index (χ1v) is 9.24. The lowest BCUT2D eigenvalue weighted by Crippen LogP contribution is -2.26. The zero-order valence-corrected chi connectivity index (χ0v) is 13.6. The molecule has 1 atom stereocenters. The number of thiazole rings is 1. The number of rotatable bonds is 6. The summed E-state index contributed by atoms with van der Waals surface area (Å²) in [6, 6.07) is 2.75. The van der Waals surface area contributed by atoms with Crippen LogP contribution in [-0.4, -0.2) is 18.5 Å². The highest BCUT2D eigenvalue weighted by Crippen LogP contribution is 2.25. The fourth-order valence-corrected chi connectivity index (χ4v) is 4.99. The maximum atomic E-state index is 12.2. The van der Waals surface area contributed by atoms with Gasteiger partial charge in [0.25, 0.3) is 10.0 Å². The molecule has 0 saturated carbocycles. The van der Waals surface area contributed by atoms with Gasteiger partial charge in [0.1, 0.15) is 9.22 Å². The van der Waals surface area contributed by atoms with Gasteiger partial charge in [-0.25, -0.2) is 18.1 Å². The van der Waals surface area contributed by atoms with Gasteiger partial charge in [0.2, 0.25) is 0 Å². The lowest BCUT2D eigenvalue weighted by molar-refractivity contribution is 0.285. The van der Waals surface area contributed by atoms with E-state index in [2.05, 4.69) is 9.71 Å². The molecule has 8 heteroatoms. The molecule has 2 rings (SSSR count). The van der Waals surface area contributed by atoms with E-state index in [0.717, 1.165) is 27.6 Å². The zero-order valence-electron chi connectivity index (χ0n) is 11.2. The van der Waals surface area contributed by atoms with Crippen molar-refractivity contribution in [3.05, 3.63) is 33.1 Å². The number of hydrogen-bond donors (Lipinski definition) is 2. The Morgan fingerprint density at radius 2 is 2.10 bits per heavy atom. The van der Waals surface area contributed by atoms with Crippen molar-refractivity contribution in [2.24, 2.45) is 0 Å². The van der Waals surface area contributed by atoms with Crippen molar-refractivity contribution in [1.29, 1.82) is 0 Å². The molecule has 0 fully saturated rings. The fraction of sp³-hybridized carbons (Fsp3) is 0.417. The van der Waals surface area contributed by atoms with E-state index in [1.165, 1.54) is 17.4 Å². The van der Waals surface area contributed by atoms with Crippen molar-refractivity contribution in [2.45, 2.75) is 37.1 Å². The molecule has 0 aromatic carbocycles. The largest absolute Gasteiger partial charge is 0.391 e. The topological polar surface area (TPSA) is 79.3 Å². The molecule has 5 nitrogen and oxygen atoms in total. The molecule has 0 bridgehead atoms. The molecule has 0 saturated heterocycles. The van der Waals surface area contributed by atoms with Crippen molar-refractivity contribution in [1.82, 2.24) is 9.71 Å². The summed E-state index contributed by atoms with van der Waals surface area (Å²) < 4.78 is 27.3. The molecule has 2 aromatic heterocycles. The Bertz CT molecular complexity index is 676. The molecule has 2 aromatic rings. The third-order valence-corrected chi connectivity index (χ3v) is 7.11. The van der Waals surface area contributed by atoms with Gasteiger partial charge in [-0.3, -0.25) is 0 Å². The van der Waals surface area contributed by atoms with E-state index in [0.29, 0.717) is 4.88 Å². The van der Waals surface area contributed by atoms with Crippen LogP contribution in [0.15, 0.2) is 22.5 Å². The summed E-state index contributed by atoms with van der Waals surface area (Å²) in [5.41, 5.74) is 0. The molecular formula is C12H16N2O3S3. The van der Waals surface area contributed by atoms with Crippen molar-refractivity contribution in [3.8, 4) is 0 Å². The molecule has 0 aliphatic carbocycles. The smallest absolute Gasteiger partial charge is 0.250 e. The van der Waals surface area contributed by atoms with Gasteiger partial charge in [0.15, 0.2) is 0 Å². The normalized spacial score (nSPS) is 13.6. The highest BCUT2D eigenvalue weighted by atomic mass is 32.2. The molecule has 1 unspecified atom stereocenters. The van der Waals surface area contributed by atoms with Crippen LogP contribution >= 0.6 is 22.7 Å². The fourth-order valence-electron chi connectivity index (χ4n) is 1.62. The first-order chi connectivity index (χ1) is 9.46. The Morgan fingerprint density at radius 3 is 2.65 bits per heavy atom. The number of hydrogen-bond acceptors (Lipinski definition) is 6. The molecule has 0 aliphatic rings. The van der Waals surface area contributed by atoms with E-state index in [4.69, 9.17) is 5.11 Å². The average Bonchev–Trinajstić information content (AvgIpc) is 3.07. The molecule has 0 amide bonds. The van der Waals surface area contributed by atoms with Gasteiger partial charge in [0, 0.05) is 16.0 Å². The van der Waals surface area contributed by atoms with Gasteiger partial charge >= 0.3 is 0 Å². The number of aryl methyl sites for hydroxylation is 1. The Kier molecular flexibility index (Phi) is 4.92. The monoisotopic (exact) mass is 332 g/mol. The summed E-state index contributed by atoms with van der Waals surface area (Å²) in [5, 5.41) is 9.75. The molecule has 2 heterocycles. The number of aliphatic hydroxyl groups excluding tert-OH is 1. The van der Waals surface area contributed by atoms with E-state index in [-0.39, 0.29) is 16.9 Å². The van der Waals surface area contributed by atoms with Crippen molar-refractivity contribution in [2.75, 3.05) is 0 Å². The van der Waals surface area contributed by atoms with Gasteiger partial charge < -0.3 is 5.11 Å². The predicted molar refractivity (Wildman–Crippen MR) is 80.5 cm³/mol. The predicted octanol–water partition coefficient (Wildman–Crippen LogP) is 2.30. The Hall–Kier alpha value is -0.800. The third kappa shape index (κ3) is 3.44. The summed E-state index contributed by atoms with van der Waals surface area (Å²) in [6.45, 7) is 3.66. The standard InChI is InChI=1S/C12H16N2O3S3/c1-3-9-6-13-12(19-9)8(2)14-20(16,17)11-5-4-10(7-15)18-11/h4-6,8,14-15H,3,7H2,1-2H3. The van der Waals surface area contributed by atoms with Gasteiger partial charge in [-0.05, 0) is 25.5 Å². The summed E-state index contributed by atoms with van der Waals surface area (Å²) >= 11 is 2.58. The summed E-state index contributed by atoms with van der Waals surface area (Å²) in [7, 11) is -3.57. The van der Waals surface area contributed by atoms with E-state index in [1.54, 1.807) is 19.2 Å². The number of thiophene rings is 1. The van der Waals surface area contributed by atoms with Crippen LogP contribution in [0.1, 0.15) is 34.7 Å². The second-order valence-corrected chi connectivity index (χ2v) is 8.50. The van der Waals surface area contributed by atoms with Gasteiger partial charge in [-0.1, -0.05) is 6.92 Å². The Morgan fingerprint density at radius 1 is 1.35 bits per heavy atom. The molecule has 0 radical (unpaired) electrons. The number of aliphatic hydroxyl groups is 1. The Labute approximate surface area is 126 Å². The van der Waals surface area contributed by atoms with Crippen LogP contribution in [0.2, 0.25) is 0 Å². The molecular weight excluding hydrogens is 316 g/mol. The highest BCUT2D eigenvalue weighted by molar-refractivity contribution is 7.91. The SMILES string of the molecule is CCc1cnc(C(C)NS(=O)(=O)c2ccc(CO)s2)s1. The van der Waals surface area contributed by atoms with E-state index >= 15 is 0 Å². The number of sulfonamides is 1. The van der Waals surface area contributed by atoms with Crippen molar-refractivity contribution >= 4 is 32.7 Å². The van der Waals surface area contributed by atoms with Crippen LogP contribution in [0, 0.1) is 0 Å². The zero-order chi connectivity index (χ0) is 14.8. The first kappa shape index (κ1) is 15.6. The van der Waals surface area contributed by atoms with E-state index in [1.807, 2.05) is 6.92 Å². The van der Waals surface area contributed by atoms with Crippen LogP contribution in [-0.2, 0) is 23.1 Å². The summed E-state index contributed by atoms with van der Waals surface area (Å²) in [6.07, 6.45) is 2.67. The molecule has 0 aliphatic heterocycles. The maximum Gasteiger partial charge on any atom is 0.250 e. The van der Waals surface area contributed by atoms with Crippen LogP contribution in [0.5, 0.6) is 0 Å². The summed E-state index contributed by atoms with van der Waals surface area (Å²) in [5.74, 6) is 0. The van der Waals surface area contributed by atoms with E-state index in [9.17, 15) is 8.42 Å². The third-order valence-electron chi connectivity index (χ3n) is 2.68. The molecule has 20 heavy (non-hydrogen) atoms. The first-order valence-electron chi connectivity index (χ1n) is 6.12. The van der Waals surface area contributed by atoms with Gasteiger partial charge in [-0.2, -0.15) is 0 Å². The lowest BCUT2D eigenvalue weighted by Gasteiger charge is -2.10. The number of aromatic nitrogens is 1. The van der Waals surface area contributed by atoms with Crippen molar-refractivity contribution in [3.63, 3.8) is 0 Å². The maximum absolute atomic E-state index is 12.2. The Balaban J connectivity index is 2.15. The molecule has 2 N–H and O–H groups in total. The van der Waals surface area contributed by atoms with Crippen LogP contribution in [0.4, 0.5) is 0 Å². The lowest BCUT2D eigenvalue weighted by atomic mass is 10.4. The minimum absolute atomic E-state index is 0.151. The molecule has 110 valence electrons. The van der Waals surface area contributed by atoms with Crippen LogP contribution in [0.3, 0.4) is 0 Å². The van der Waals surface area contributed by atoms with Crippen molar-refractivity contribution < 1.29 is 13.5 Å². The van der Waals surface area contributed by atoms with Crippen LogP contribution < -0.4 is 4.72 Å². The summed E-state index contributed by atoms with van der Waals surface area (Å²) in [4.78, 5) is 6.00.